The van der Waals surface area contributed by atoms with Gasteiger partial charge in [-0.15, -0.1) is 0 Å². The Hall–Kier alpha value is -0.450. The second-order valence-electron chi connectivity index (χ2n) is 4.63. The van der Waals surface area contributed by atoms with E-state index in [1.807, 2.05) is 6.07 Å². The zero-order chi connectivity index (χ0) is 12.3. The number of benzene rings is 1. The minimum absolute atomic E-state index is 0.191. The summed E-state index contributed by atoms with van der Waals surface area (Å²) in [5, 5.41) is 12.9. The van der Waals surface area contributed by atoms with E-state index < -0.39 is 0 Å². The summed E-state index contributed by atoms with van der Waals surface area (Å²) in [5.41, 5.74) is 0.674. The molecular formula is C13H17BrFNO. The molecule has 1 aromatic rings. The van der Waals surface area contributed by atoms with Gasteiger partial charge in [0, 0.05) is 22.6 Å². The molecule has 17 heavy (non-hydrogen) atoms. The molecule has 2 atom stereocenters. The molecule has 1 fully saturated rings. The number of rotatable bonds is 3. The topological polar surface area (TPSA) is 32.3 Å². The molecule has 1 aliphatic carbocycles. The summed E-state index contributed by atoms with van der Waals surface area (Å²) in [4.78, 5) is 0. The summed E-state index contributed by atoms with van der Waals surface area (Å²) in [6.45, 7) is 0.524. The number of hydrogen-bond acceptors (Lipinski definition) is 2. The number of hydrogen-bond donors (Lipinski definition) is 2. The summed E-state index contributed by atoms with van der Waals surface area (Å²) in [6, 6.07) is 5.41. The average molecular weight is 302 g/mol. The van der Waals surface area contributed by atoms with Crippen molar-refractivity contribution in [2.24, 2.45) is 0 Å². The van der Waals surface area contributed by atoms with E-state index in [9.17, 15) is 9.50 Å². The molecule has 0 amide bonds. The fourth-order valence-corrected chi connectivity index (χ4v) is 2.60. The summed E-state index contributed by atoms with van der Waals surface area (Å²) in [6.07, 6.45) is 3.58. The van der Waals surface area contributed by atoms with Gasteiger partial charge in [-0.2, -0.15) is 0 Å². The lowest BCUT2D eigenvalue weighted by Gasteiger charge is -2.26. The Bertz CT molecular complexity index is 386. The molecule has 4 heteroatoms. The van der Waals surface area contributed by atoms with Crippen LogP contribution in [0.4, 0.5) is 4.39 Å². The van der Waals surface area contributed by atoms with Gasteiger partial charge in [0.25, 0.3) is 0 Å². The van der Waals surface area contributed by atoms with E-state index in [1.165, 1.54) is 6.07 Å². The predicted molar refractivity (Wildman–Crippen MR) is 69.2 cm³/mol. The van der Waals surface area contributed by atoms with Crippen LogP contribution in [0.1, 0.15) is 31.2 Å². The van der Waals surface area contributed by atoms with Gasteiger partial charge in [0.2, 0.25) is 0 Å². The maximum atomic E-state index is 13.6. The molecule has 2 rings (SSSR count). The Morgan fingerprint density at radius 1 is 1.41 bits per heavy atom. The smallest absolute Gasteiger partial charge is 0.128 e. The van der Waals surface area contributed by atoms with Crippen molar-refractivity contribution < 1.29 is 9.50 Å². The molecule has 0 aliphatic heterocycles. The summed E-state index contributed by atoms with van der Waals surface area (Å²) in [7, 11) is 0. The SMILES string of the molecule is OC1CCCC(NCc2ccc(Br)cc2F)C1. The molecule has 0 saturated heterocycles. The monoisotopic (exact) mass is 301 g/mol. The van der Waals surface area contributed by atoms with Gasteiger partial charge >= 0.3 is 0 Å². The van der Waals surface area contributed by atoms with Crippen molar-refractivity contribution in [3.05, 3.63) is 34.1 Å². The molecule has 1 aromatic carbocycles. The van der Waals surface area contributed by atoms with E-state index in [0.717, 1.165) is 30.2 Å². The van der Waals surface area contributed by atoms with Gasteiger partial charge in [0.1, 0.15) is 5.82 Å². The van der Waals surface area contributed by atoms with E-state index in [1.54, 1.807) is 6.07 Å². The minimum atomic E-state index is -0.198. The van der Waals surface area contributed by atoms with Gasteiger partial charge in [-0.05, 0) is 37.8 Å². The molecule has 0 heterocycles. The second kappa shape index (κ2) is 5.94. The highest BCUT2D eigenvalue weighted by Gasteiger charge is 2.19. The van der Waals surface area contributed by atoms with Crippen LogP contribution in [0.15, 0.2) is 22.7 Å². The van der Waals surface area contributed by atoms with E-state index in [0.29, 0.717) is 18.2 Å². The fourth-order valence-electron chi connectivity index (χ4n) is 2.27. The maximum Gasteiger partial charge on any atom is 0.128 e. The molecule has 0 radical (unpaired) electrons. The quantitative estimate of drug-likeness (QED) is 0.899. The first-order chi connectivity index (χ1) is 8.15. The first kappa shape index (κ1) is 13.0. The lowest BCUT2D eigenvalue weighted by Crippen LogP contribution is -2.35. The van der Waals surface area contributed by atoms with Crippen molar-refractivity contribution in [1.82, 2.24) is 5.32 Å². The van der Waals surface area contributed by atoms with Gasteiger partial charge in [-0.1, -0.05) is 22.0 Å². The van der Waals surface area contributed by atoms with Crippen molar-refractivity contribution in [2.75, 3.05) is 0 Å². The lowest BCUT2D eigenvalue weighted by molar-refractivity contribution is 0.111. The molecule has 2 unspecified atom stereocenters. The maximum absolute atomic E-state index is 13.6. The minimum Gasteiger partial charge on any atom is -0.393 e. The van der Waals surface area contributed by atoms with Gasteiger partial charge in [0.05, 0.1) is 6.10 Å². The van der Waals surface area contributed by atoms with Crippen LogP contribution in [-0.4, -0.2) is 17.3 Å². The van der Waals surface area contributed by atoms with Crippen molar-refractivity contribution in [1.29, 1.82) is 0 Å². The third-order valence-electron chi connectivity index (χ3n) is 3.24. The van der Waals surface area contributed by atoms with Gasteiger partial charge in [-0.25, -0.2) is 4.39 Å². The highest BCUT2D eigenvalue weighted by Crippen LogP contribution is 2.20. The van der Waals surface area contributed by atoms with E-state index in [-0.39, 0.29) is 11.9 Å². The van der Waals surface area contributed by atoms with Crippen LogP contribution >= 0.6 is 15.9 Å². The first-order valence-corrected chi connectivity index (χ1v) is 6.80. The van der Waals surface area contributed by atoms with Crippen LogP contribution in [0.25, 0.3) is 0 Å². The van der Waals surface area contributed by atoms with Crippen molar-refractivity contribution in [3.63, 3.8) is 0 Å². The van der Waals surface area contributed by atoms with Crippen molar-refractivity contribution in [2.45, 2.75) is 44.4 Å². The molecule has 94 valence electrons. The van der Waals surface area contributed by atoms with Crippen LogP contribution in [0.5, 0.6) is 0 Å². The molecule has 0 aromatic heterocycles. The Balaban J connectivity index is 1.88. The standard InChI is InChI=1S/C13H17BrFNO/c14-10-5-4-9(13(15)6-10)8-16-11-2-1-3-12(17)7-11/h4-6,11-12,16-17H,1-3,7-8H2. The first-order valence-electron chi connectivity index (χ1n) is 6.00. The largest absolute Gasteiger partial charge is 0.393 e. The summed E-state index contributed by atoms with van der Waals surface area (Å²) in [5.74, 6) is -0.191. The molecule has 0 spiro atoms. The van der Waals surface area contributed by atoms with Crippen LogP contribution in [0, 0.1) is 5.82 Å². The Morgan fingerprint density at radius 2 is 2.24 bits per heavy atom. The summed E-state index contributed by atoms with van der Waals surface area (Å²) >= 11 is 3.24. The van der Waals surface area contributed by atoms with Crippen LogP contribution in [0.3, 0.4) is 0 Å². The fraction of sp³-hybridized carbons (Fsp3) is 0.538. The number of aliphatic hydroxyl groups is 1. The lowest BCUT2D eigenvalue weighted by atomic mass is 9.93. The van der Waals surface area contributed by atoms with E-state index in [4.69, 9.17) is 0 Å². The number of nitrogens with one attached hydrogen (secondary N) is 1. The van der Waals surface area contributed by atoms with Crippen LogP contribution in [0.2, 0.25) is 0 Å². The highest BCUT2D eigenvalue weighted by atomic mass is 79.9. The summed E-state index contributed by atoms with van der Waals surface area (Å²) < 4.78 is 14.3. The number of aliphatic hydroxyl groups excluding tert-OH is 1. The highest BCUT2D eigenvalue weighted by molar-refractivity contribution is 9.10. The third-order valence-corrected chi connectivity index (χ3v) is 3.74. The van der Waals surface area contributed by atoms with Gasteiger partial charge in [0.15, 0.2) is 0 Å². The molecule has 2 N–H and O–H groups in total. The predicted octanol–water partition coefficient (Wildman–Crippen LogP) is 2.98. The van der Waals surface area contributed by atoms with E-state index in [2.05, 4.69) is 21.2 Å². The van der Waals surface area contributed by atoms with E-state index >= 15 is 0 Å². The normalized spacial score (nSPS) is 24.9. The molecule has 2 nitrogen and oxygen atoms in total. The van der Waals surface area contributed by atoms with Gasteiger partial charge in [-0.3, -0.25) is 0 Å². The third kappa shape index (κ3) is 3.76. The molecule has 1 saturated carbocycles. The number of halogens is 2. The van der Waals surface area contributed by atoms with Crippen LogP contribution in [-0.2, 0) is 6.54 Å². The van der Waals surface area contributed by atoms with Crippen molar-refractivity contribution in [3.8, 4) is 0 Å². The Kier molecular flexibility index (Phi) is 4.54. The molecule has 0 bridgehead atoms. The zero-order valence-electron chi connectivity index (χ0n) is 9.63. The second-order valence-corrected chi connectivity index (χ2v) is 5.55. The molecular weight excluding hydrogens is 285 g/mol. The zero-order valence-corrected chi connectivity index (χ0v) is 11.2. The van der Waals surface area contributed by atoms with Crippen molar-refractivity contribution >= 4 is 15.9 Å². The Labute approximate surface area is 109 Å². The van der Waals surface area contributed by atoms with Crippen LogP contribution < -0.4 is 5.32 Å². The average Bonchev–Trinajstić information content (AvgIpc) is 2.28. The molecule has 1 aliphatic rings. The van der Waals surface area contributed by atoms with Gasteiger partial charge < -0.3 is 10.4 Å². The Morgan fingerprint density at radius 3 is 2.94 bits per heavy atom.